The summed E-state index contributed by atoms with van der Waals surface area (Å²) in [4.78, 5) is 12.6. The molecule has 0 spiro atoms. The summed E-state index contributed by atoms with van der Waals surface area (Å²) in [5.74, 6) is 0.215. The Morgan fingerprint density at radius 2 is 2.29 bits per heavy atom. The lowest BCUT2D eigenvalue weighted by Gasteiger charge is -2.25. The molecule has 1 aliphatic carbocycles. The molecule has 2 aromatic rings. The van der Waals surface area contributed by atoms with E-state index in [4.69, 9.17) is 19.2 Å². The van der Waals surface area contributed by atoms with Crippen LogP contribution in [-0.2, 0) is 15.9 Å². The van der Waals surface area contributed by atoms with E-state index in [1.807, 2.05) is 0 Å². The highest BCUT2D eigenvalue weighted by Crippen LogP contribution is 2.38. The van der Waals surface area contributed by atoms with Crippen molar-refractivity contribution in [3.8, 4) is 6.01 Å². The Morgan fingerprint density at radius 3 is 3.14 bits per heavy atom. The van der Waals surface area contributed by atoms with E-state index in [9.17, 15) is 0 Å². The van der Waals surface area contributed by atoms with E-state index in [0.29, 0.717) is 24.9 Å². The standard InChI is InChI=1S/C21H28N4O3/c1-2-15-12-16-19(24-18(15)22-13-14-6-4-3-5-7-14)25-20(23-16)28-21-9-11-26-17(21)8-10-27-21/h6,12,17H,2-5,7-11,13H2,1H3,(H2,22,23,24,25)/t17-,21+/m1/s1. The lowest BCUT2D eigenvalue weighted by Crippen LogP contribution is -2.41. The van der Waals surface area contributed by atoms with Crippen LogP contribution in [0, 0.1) is 0 Å². The van der Waals surface area contributed by atoms with E-state index in [0.717, 1.165) is 37.1 Å². The molecule has 150 valence electrons. The summed E-state index contributed by atoms with van der Waals surface area (Å²) < 4.78 is 17.8. The van der Waals surface area contributed by atoms with Gasteiger partial charge in [-0.2, -0.15) is 4.98 Å². The van der Waals surface area contributed by atoms with Gasteiger partial charge < -0.3 is 24.5 Å². The Kier molecular flexibility index (Phi) is 4.72. The summed E-state index contributed by atoms with van der Waals surface area (Å²) in [5, 5.41) is 3.53. The predicted octanol–water partition coefficient (Wildman–Crippen LogP) is 3.72. The molecule has 3 aliphatic rings. The molecule has 0 aromatic carbocycles. The Bertz CT molecular complexity index is 881. The summed E-state index contributed by atoms with van der Waals surface area (Å²) in [6.07, 6.45) is 9.81. The molecule has 2 atom stereocenters. The zero-order chi connectivity index (χ0) is 19.0. The first-order chi connectivity index (χ1) is 13.8. The van der Waals surface area contributed by atoms with Gasteiger partial charge in [-0.15, -0.1) is 0 Å². The number of rotatable bonds is 6. The second-order valence-corrected chi connectivity index (χ2v) is 7.88. The molecular formula is C21H28N4O3. The highest BCUT2D eigenvalue weighted by atomic mass is 16.7. The first kappa shape index (κ1) is 17.9. The third kappa shape index (κ3) is 3.26. The minimum absolute atomic E-state index is 0.0131. The summed E-state index contributed by atoms with van der Waals surface area (Å²) in [5.41, 5.74) is 4.21. The van der Waals surface area contributed by atoms with Gasteiger partial charge in [0.15, 0.2) is 5.65 Å². The van der Waals surface area contributed by atoms with Gasteiger partial charge in [0, 0.05) is 19.4 Å². The number of hydrogen-bond acceptors (Lipinski definition) is 6. The first-order valence-corrected chi connectivity index (χ1v) is 10.5. The van der Waals surface area contributed by atoms with Gasteiger partial charge in [-0.1, -0.05) is 18.6 Å². The molecule has 5 rings (SSSR count). The second-order valence-electron chi connectivity index (χ2n) is 7.88. The molecule has 4 heterocycles. The minimum Gasteiger partial charge on any atom is -0.429 e. The van der Waals surface area contributed by atoms with Gasteiger partial charge in [-0.05, 0) is 43.7 Å². The number of hydrogen-bond donors (Lipinski definition) is 2. The van der Waals surface area contributed by atoms with E-state index in [-0.39, 0.29) is 6.10 Å². The van der Waals surface area contributed by atoms with Crippen LogP contribution in [0.25, 0.3) is 11.2 Å². The van der Waals surface area contributed by atoms with E-state index >= 15 is 0 Å². The predicted molar refractivity (Wildman–Crippen MR) is 107 cm³/mol. The van der Waals surface area contributed by atoms with E-state index in [1.165, 1.54) is 36.8 Å². The van der Waals surface area contributed by atoms with Crippen molar-refractivity contribution >= 4 is 17.0 Å². The number of pyridine rings is 1. The largest absolute Gasteiger partial charge is 0.429 e. The number of aryl methyl sites for hydroxylation is 1. The van der Waals surface area contributed by atoms with Crippen LogP contribution >= 0.6 is 0 Å². The molecule has 2 saturated heterocycles. The summed E-state index contributed by atoms with van der Waals surface area (Å²) >= 11 is 0. The molecule has 2 aliphatic heterocycles. The SMILES string of the molecule is CCc1cc2[nH]c(O[C@@]34CCO[C@@H]3CCO4)nc2nc1NCC1=CCCCC1. The fourth-order valence-electron chi connectivity index (χ4n) is 4.44. The summed E-state index contributed by atoms with van der Waals surface area (Å²) in [7, 11) is 0. The maximum Gasteiger partial charge on any atom is 0.298 e. The van der Waals surface area contributed by atoms with E-state index in [1.54, 1.807) is 0 Å². The monoisotopic (exact) mass is 384 g/mol. The second kappa shape index (κ2) is 7.37. The van der Waals surface area contributed by atoms with Gasteiger partial charge in [0.25, 0.3) is 6.01 Å². The van der Waals surface area contributed by atoms with E-state index < -0.39 is 5.79 Å². The average Bonchev–Trinajstić information content (AvgIpc) is 3.39. The molecule has 0 bridgehead atoms. The van der Waals surface area contributed by atoms with Crippen molar-refractivity contribution in [3.05, 3.63) is 23.3 Å². The lowest BCUT2D eigenvalue weighted by atomic mass is 9.99. The molecule has 2 fully saturated rings. The third-order valence-electron chi connectivity index (χ3n) is 6.04. The normalized spacial score (nSPS) is 27.0. The Balaban J connectivity index is 1.37. The molecule has 2 N–H and O–H groups in total. The Labute approximate surface area is 164 Å². The molecule has 0 unspecified atom stereocenters. The van der Waals surface area contributed by atoms with Crippen LogP contribution < -0.4 is 10.1 Å². The number of fused-ring (bicyclic) bond motifs is 2. The van der Waals surface area contributed by atoms with Crippen molar-refractivity contribution in [2.75, 3.05) is 25.1 Å². The average molecular weight is 384 g/mol. The van der Waals surface area contributed by atoms with Gasteiger partial charge in [0.1, 0.15) is 11.9 Å². The van der Waals surface area contributed by atoms with Crippen molar-refractivity contribution in [1.29, 1.82) is 0 Å². The summed E-state index contributed by atoms with van der Waals surface area (Å²) in [6, 6.07) is 2.57. The van der Waals surface area contributed by atoms with Crippen LogP contribution in [0.2, 0.25) is 0 Å². The number of nitrogens with zero attached hydrogens (tertiary/aromatic N) is 2. The third-order valence-corrected chi connectivity index (χ3v) is 6.04. The van der Waals surface area contributed by atoms with Crippen LogP contribution in [0.4, 0.5) is 5.82 Å². The highest BCUT2D eigenvalue weighted by Gasteiger charge is 2.52. The lowest BCUT2D eigenvalue weighted by molar-refractivity contribution is -0.167. The summed E-state index contributed by atoms with van der Waals surface area (Å²) in [6.45, 7) is 4.32. The van der Waals surface area contributed by atoms with Gasteiger partial charge in [-0.3, -0.25) is 0 Å². The number of aromatic amines is 1. The number of allylic oxidation sites excluding steroid dienone is 1. The van der Waals surface area contributed by atoms with Gasteiger partial charge in [0.2, 0.25) is 5.79 Å². The van der Waals surface area contributed by atoms with Crippen molar-refractivity contribution in [2.45, 2.75) is 63.8 Å². The fourth-order valence-corrected chi connectivity index (χ4v) is 4.44. The van der Waals surface area contributed by atoms with Gasteiger partial charge in [0.05, 0.1) is 18.7 Å². The quantitative estimate of drug-likeness (QED) is 0.739. The minimum atomic E-state index is -0.698. The zero-order valence-electron chi connectivity index (χ0n) is 16.4. The van der Waals surface area contributed by atoms with Crippen LogP contribution in [0.1, 0.15) is 51.0 Å². The molecule has 0 amide bonds. The topological polar surface area (TPSA) is 81.3 Å². The number of aromatic nitrogens is 3. The maximum absolute atomic E-state index is 6.16. The van der Waals surface area contributed by atoms with Crippen molar-refractivity contribution < 1.29 is 14.2 Å². The number of H-pyrrole nitrogens is 1. The molecule has 0 radical (unpaired) electrons. The van der Waals surface area contributed by atoms with Gasteiger partial charge in [-0.25, -0.2) is 4.98 Å². The van der Waals surface area contributed by atoms with Crippen LogP contribution in [0.15, 0.2) is 17.7 Å². The fraction of sp³-hybridized carbons (Fsp3) is 0.619. The molecule has 7 nitrogen and oxygen atoms in total. The van der Waals surface area contributed by atoms with Crippen LogP contribution in [0.3, 0.4) is 0 Å². The Morgan fingerprint density at radius 1 is 1.32 bits per heavy atom. The number of ether oxygens (including phenoxy) is 3. The van der Waals surface area contributed by atoms with Crippen molar-refractivity contribution in [3.63, 3.8) is 0 Å². The number of imidazole rings is 1. The molecule has 0 saturated carbocycles. The molecular weight excluding hydrogens is 356 g/mol. The number of nitrogens with one attached hydrogen (secondary N) is 2. The van der Waals surface area contributed by atoms with Gasteiger partial charge >= 0.3 is 0 Å². The Hall–Kier alpha value is -2.12. The molecule has 7 heteroatoms. The first-order valence-electron chi connectivity index (χ1n) is 10.5. The number of anilines is 1. The van der Waals surface area contributed by atoms with Crippen LogP contribution in [-0.4, -0.2) is 46.6 Å². The molecule has 28 heavy (non-hydrogen) atoms. The molecule has 2 aromatic heterocycles. The highest BCUT2D eigenvalue weighted by molar-refractivity contribution is 5.75. The van der Waals surface area contributed by atoms with E-state index in [2.05, 4.69) is 34.4 Å². The van der Waals surface area contributed by atoms with Crippen molar-refractivity contribution in [2.24, 2.45) is 0 Å². The van der Waals surface area contributed by atoms with Crippen LogP contribution in [0.5, 0.6) is 6.01 Å². The smallest absolute Gasteiger partial charge is 0.298 e. The zero-order valence-corrected chi connectivity index (χ0v) is 16.4. The maximum atomic E-state index is 6.16. The van der Waals surface area contributed by atoms with Crippen molar-refractivity contribution in [1.82, 2.24) is 15.0 Å².